The minimum atomic E-state index is -0.436. The van der Waals surface area contributed by atoms with Crippen molar-refractivity contribution in [3.63, 3.8) is 0 Å². The summed E-state index contributed by atoms with van der Waals surface area (Å²) in [6.45, 7) is 0.890. The smallest absolute Gasteiger partial charge is 0.241 e. The predicted molar refractivity (Wildman–Crippen MR) is 83.4 cm³/mol. The highest BCUT2D eigenvalue weighted by Gasteiger charge is 2.12. The fourth-order valence-corrected chi connectivity index (χ4v) is 2.16. The molecule has 5 heteroatoms. The first-order valence-corrected chi connectivity index (χ1v) is 7.71. The molecular formula is C14H23N3OS. The summed E-state index contributed by atoms with van der Waals surface area (Å²) in [7, 11) is 4.06. The monoisotopic (exact) mass is 281 g/mol. The summed E-state index contributed by atoms with van der Waals surface area (Å²) in [6, 6.07) is 7.43. The Labute approximate surface area is 119 Å². The third-order valence-corrected chi connectivity index (χ3v) is 3.33. The summed E-state index contributed by atoms with van der Waals surface area (Å²) < 4.78 is 0. The molecule has 3 N–H and O–H groups in total. The lowest BCUT2D eigenvalue weighted by Gasteiger charge is -2.13. The lowest BCUT2D eigenvalue weighted by molar-refractivity contribution is -0.117. The second-order valence-electron chi connectivity index (χ2n) is 4.81. The Bertz CT molecular complexity index is 392. The zero-order valence-corrected chi connectivity index (χ0v) is 12.7. The summed E-state index contributed by atoms with van der Waals surface area (Å²) in [5.74, 6) is 0.783. The number of hydrogen-bond donors (Lipinski definition) is 2. The number of nitrogens with zero attached hydrogens (tertiary/aromatic N) is 1. The van der Waals surface area contributed by atoms with Crippen molar-refractivity contribution < 1.29 is 4.79 Å². The molecule has 0 aliphatic carbocycles. The van der Waals surface area contributed by atoms with E-state index in [-0.39, 0.29) is 5.91 Å². The molecular weight excluding hydrogens is 258 g/mol. The molecule has 106 valence electrons. The van der Waals surface area contributed by atoms with E-state index in [0.29, 0.717) is 6.42 Å². The number of hydrogen-bond acceptors (Lipinski definition) is 4. The van der Waals surface area contributed by atoms with Gasteiger partial charge in [-0.1, -0.05) is 12.1 Å². The van der Waals surface area contributed by atoms with Gasteiger partial charge in [-0.3, -0.25) is 4.79 Å². The van der Waals surface area contributed by atoms with Crippen LogP contribution in [0.4, 0.5) is 5.69 Å². The quantitative estimate of drug-likeness (QED) is 0.799. The number of carbonyl (C=O) groups is 1. The van der Waals surface area contributed by atoms with E-state index in [1.54, 1.807) is 11.8 Å². The van der Waals surface area contributed by atoms with Crippen molar-refractivity contribution in [2.75, 3.05) is 31.4 Å². The first kappa shape index (κ1) is 16.0. The van der Waals surface area contributed by atoms with Gasteiger partial charge in [-0.2, -0.15) is 11.8 Å². The molecule has 0 saturated heterocycles. The van der Waals surface area contributed by atoms with Crippen molar-refractivity contribution >= 4 is 23.4 Å². The van der Waals surface area contributed by atoms with Gasteiger partial charge in [0.15, 0.2) is 0 Å². The molecule has 0 aliphatic rings. The van der Waals surface area contributed by atoms with Crippen molar-refractivity contribution in [2.45, 2.75) is 19.0 Å². The molecule has 0 spiro atoms. The number of rotatable bonds is 7. The normalized spacial score (nSPS) is 12.5. The van der Waals surface area contributed by atoms with Crippen LogP contribution >= 0.6 is 11.8 Å². The number of nitrogens with one attached hydrogen (secondary N) is 1. The number of anilines is 1. The van der Waals surface area contributed by atoms with Crippen LogP contribution in [0.2, 0.25) is 0 Å². The number of carbonyl (C=O) groups excluding carboxylic acids is 1. The number of thioether (sulfide) groups is 1. The lowest BCUT2D eigenvalue weighted by Crippen LogP contribution is -2.36. The summed E-state index contributed by atoms with van der Waals surface area (Å²) in [5.41, 5.74) is 7.83. The van der Waals surface area contributed by atoms with E-state index in [1.807, 2.05) is 44.6 Å². The molecule has 1 aromatic carbocycles. The van der Waals surface area contributed by atoms with E-state index in [1.165, 1.54) is 5.56 Å². The average molecular weight is 281 g/mol. The molecule has 0 aromatic heterocycles. The number of benzene rings is 1. The van der Waals surface area contributed by atoms with Crippen LogP contribution in [0, 0.1) is 0 Å². The third kappa shape index (κ3) is 6.09. The standard InChI is InChI=1S/C14H23N3OS/c1-17(2)10-11-4-6-12(7-5-11)16-14(18)13(15)8-9-19-3/h4-7,13H,8-10,15H2,1-3H3,(H,16,18)/t13-/m1/s1. The van der Waals surface area contributed by atoms with Gasteiger partial charge in [0.05, 0.1) is 6.04 Å². The summed E-state index contributed by atoms with van der Waals surface area (Å²) in [5, 5.41) is 2.84. The highest BCUT2D eigenvalue weighted by Crippen LogP contribution is 2.11. The minimum absolute atomic E-state index is 0.116. The van der Waals surface area contributed by atoms with Gasteiger partial charge in [-0.25, -0.2) is 0 Å². The van der Waals surface area contributed by atoms with Gasteiger partial charge >= 0.3 is 0 Å². The molecule has 0 heterocycles. The van der Waals surface area contributed by atoms with Crippen LogP contribution in [0.1, 0.15) is 12.0 Å². The molecule has 1 amide bonds. The maximum absolute atomic E-state index is 11.8. The molecule has 0 radical (unpaired) electrons. The van der Waals surface area contributed by atoms with Crippen molar-refractivity contribution in [1.82, 2.24) is 4.90 Å². The van der Waals surface area contributed by atoms with E-state index in [2.05, 4.69) is 10.2 Å². The van der Waals surface area contributed by atoms with Gasteiger partial charge in [0.2, 0.25) is 5.91 Å². The van der Waals surface area contributed by atoms with Crippen molar-refractivity contribution in [3.8, 4) is 0 Å². The maximum Gasteiger partial charge on any atom is 0.241 e. The van der Waals surface area contributed by atoms with Crippen LogP contribution in [0.25, 0.3) is 0 Å². The zero-order chi connectivity index (χ0) is 14.3. The molecule has 1 atom stereocenters. The average Bonchev–Trinajstić information content (AvgIpc) is 2.37. The highest BCUT2D eigenvalue weighted by molar-refractivity contribution is 7.98. The molecule has 0 aliphatic heterocycles. The molecule has 19 heavy (non-hydrogen) atoms. The fraction of sp³-hybridized carbons (Fsp3) is 0.500. The van der Waals surface area contributed by atoms with Crippen LogP contribution in [0.3, 0.4) is 0 Å². The molecule has 4 nitrogen and oxygen atoms in total. The summed E-state index contributed by atoms with van der Waals surface area (Å²) in [6.07, 6.45) is 2.71. The molecule has 0 unspecified atom stereocenters. The molecule has 0 fully saturated rings. The van der Waals surface area contributed by atoms with Gasteiger partial charge in [-0.15, -0.1) is 0 Å². The minimum Gasteiger partial charge on any atom is -0.325 e. The lowest BCUT2D eigenvalue weighted by atomic mass is 10.2. The Hall–Kier alpha value is -1.04. The van der Waals surface area contributed by atoms with E-state index < -0.39 is 6.04 Å². The van der Waals surface area contributed by atoms with Crippen LogP contribution < -0.4 is 11.1 Å². The van der Waals surface area contributed by atoms with Crippen LogP contribution in [0.5, 0.6) is 0 Å². The van der Waals surface area contributed by atoms with Crippen LogP contribution in [-0.4, -0.2) is 43.0 Å². The third-order valence-electron chi connectivity index (χ3n) is 2.69. The Balaban J connectivity index is 2.50. The van der Waals surface area contributed by atoms with Gasteiger partial charge in [-0.05, 0) is 50.2 Å². The molecule has 1 rings (SSSR count). The Morgan fingerprint density at radius 1 is 1.37 bits per heavy atom. The van der Waals surface area contributed by atoms with E-state index >= 15 is 0 Å². The van der Waals surface area contributed by atoms with Crippen molar-refractivity contribution in [1.29, 1.82) is 0 Å². The number of amides is 1. The second-order valence-corrected chi connectivity index (χ2v) is 5.80. The van der Waals surface area contributed by atoms with Crippen molar-refractivity contribution in [3.05, 3.63) is 29.8 Å². The fourth-order valence-electron chi connectivity index (χ4n) is 1.67. The SMILES string of the molecule is CSCC[C@@H](N)C(=O)Nc1ccc(CN(C)C)cc1. The number of nitrogens with two attached hydrogens (primary N) is 1. The summed E-state index contributed by atoms with van der Waals surface area (Å²) >= 11 is 1.70. The maximum atomic E-state index is 11.8. The molecule has 1 aromatic rings. The highest BCUT2D eigenvalue weighted by atomic mass is 32.2. The topological polar surface area (TPSA) is 58.4 Å². The van der Waals surface area contributed by atoms with E-state index in [9.17, 15) is 4.79 Å². The second kappa shape index (κ2) is 8.19. The predicted octanol–water partition coefficient (Wildman–Crippen LogP) is 1.77. The largest absolute Gasteiger partial charge is 0.325 e. The van der Waals surface area contributed by atoms with Crippen molar-refractivity contribution in [2.24, 2.45) is 5.73 Å². The first-order chi connectivity index (χ1) is 9.02. The van der Waals surface area contributed by atoms with Gasteiger partial charge in [0.25, 0.3) is 0 Å². The van der Waals surface area contributed by atoms with Gasteiger partial charge < -0.3 is 16.0 Å². The van der Waals surface area contributed by atoms with E-state index in [4.69, 9.17) is 5.73 Å². The Morgan fingerprint density at radius 2 is 2.00 bits per heavy atom. The first-order valence-electron chi connectivity index (χ1n) is 6.32. The molecule has 0 saturated carbocycles. The van der Waals surface area contributed by atoms with Crippen LogP contribution in [0.15, 0.2) is 24.3 Å². The summed E-state index contributed by atoms with van der Waals surface area (Å²) in [4.78, 5) is 13.9. The van der Waals surface area contributed by atoms with Crippen LogP contribution in [-0.2, 0) is 11.3 Å². The van der Waals surface area contributed by atoms with Gasteiger partial charge in [0.1, 0.15) is 0 Å². The Morgan fingerprint density at radius 3 is 2.53 bits per heavy atom. The Kier molecular flexibility index (Phi) is 6.91. The molecule has 0 bridgehead atoms. The zero-order valence-electron chi connectivity index (χ0n) is 11.8. The van der Waals surface area contributed by atoms with Gasteiger partial charge in [0, 0.05) is 12.2 Å². The van der Waals surface area contributed by atoms with E-state index in [0.717, 1.165) is 18.0 Å².